The van der Waals surface area contributed by atoms with Crippen LogP contribution in [-0.2, 0) is 6.61 Å². The van der Waals surface area contributed by atoms with Crippen molar-refractivity contribution in [3.8, 4) is 5.75 Å². The van der Waals surface area contributed by atoms with Crippen molar-refractivity contribution in [3.05, 3.63) is 75.4 Å². The van der Waals surface area contributed by atoms with E-state index in [0.29, 0.717) is 5.75 Å². The summed E-state index contributed by atoms with van der Waals surface area (Å²) in [6, 6.07) is 13.8. The summed E-state index contributed by atoms with van der Waals surface area (Å²) < 4.78 is 5.67. The molecule has 0 bridgehead atoms. The van der Waals surface area contributed by atoms with Gasteiger partial charge in [0.05, 0.1) is 15.5 Å². The molecule has 0 unspecified atom stereocenters. The minimum absolute atomic E-state index is 0.0656. The molecule has 1 heterocycles. The summed E-state index contributed by atoms with van der Waals surface area (Å²) >= 11 is 6.01. The molecule has 0 saturated carbocycles. The summed E-state index contributed by atoms with van der Waals surface area (Å²) in [5.41, 5.74) is 1.72. The van der Waals surface area contributed by atoms with Crippen molar-refractivity contribution in [1.29, 1.82) is 0 Å². The van der Waals surface area contributed by atoms with E-state index < -0.39 is 4.92 Å². The van der Waals surface area contributed by atoms with Crippen LogP contribution < -0.4 is 4.74 Å². The van der Waals surface area contributed by atoms with Crippen LogP contribution in [0.5, 0.6) is 5.75 Å². The molecule has 0 aliphatic rings. The summed E-state index contributed by atoms with van der Waals surface area (Å²) in [4.78, 5) is 14.5. The van der Waals surface area contributed by atoms with E-state index in [1.807, 2.05) is 30.3 Å². The summed E-state index contributed by atoms with van der Waals surface area (Å²) in [6.45, 7) is 0.284. The lowest BCUT2D eigenvalue weighted by atomic mass is 10.1. The molecule has 0 spiro atoms. The van der Waals surface area contributed by atoms with E-state index in [-0.39, 0.29) is 17.3 Å². The second-order valence-corrected chi connectivity index (χ2v) is 5.06. The number of ether oxygens (including phenoxy) is 1. The highest BCUT2D eigenvalue weighted by atomic mass is 35.5. The lowest BCUT2D eigenvalue weighted by Crippen LogP contribution is -1.98. The van der Waals surface area contributed by atoms with Gasteiger partial charge >= 0.3 is 0 Å². The van der Waals surface area contributed by atoms with Crippen LogP contribution in [0.25, 0.3) is 10.9 Å². The standard InChI is InChI=1S/C16H11ClN2O3/c17-14-9-13(19(20)21)6-7-15(14)22-10-12-4-1-3-11-5-2-8-18-16(11)12/h1-9H,10H2. The number of non-ortho nitro benzene ring substituents is 1. The van der Waals surface area contributed by atoms with Crippen molar-refractivity contribution in [1.82, 2.24) is 4.98 Å². The molecule has 0 atom stereocenters. The number of nitro groups is 1. The van der Waals surface area contributed by atoms with Gasteiger partial charge < -0.3 is 4.74 Å². The molecule has 0 amide bonds. The zero-order chi connectivity index (χ0) is 15.5. The highest BCUT2D eigenvalue weighted by molar-refractivity contribution is 6.32. The maximum absolute atomic E-state index is 10.7. The molecule has 5 nitrogen and oxygen atoms in total. The van der Waals surface area contributed by atoms with Crippen LogP contribution in [0.3, 0.4) is 0 Å². The first kappa shape index (κ1) is 14.3. The quantitative estimate of drug-likeness (QED) is 0.529. The van der Waals surface area contributed by atoms with Crippen molar-refractivity contribution in [2.45, 2.75) is 6.61 Å². The molecule has 0 saturated heterocycles. The van der Waals surface area contributed by atoms with E-state index in [0.717, 1.165) is 16.5 Å². The predicted molar refractivity (Wildman–Crippen MR) is 84.2 cm³/mol. The Kier molecular flexibility index (Phi) is 3.89. The molecular formula is C16H11ClN2O3. The average molecular weight is 315 g/mol. The molecule has 0 fully saturated rings. The Morgan fingerprint density at radius 1 is 1.18 bits per heavy atom. The van der Waals surface area contributed by atoms with Gasteiger partial charge in [-0.3, -0.25) is 15.1 Å². The fourth-order valence-electron chi connectivity index (χ4n) is 2.16. The topological polar surface area (TPSA) is 65.3 Å². The van der Waals surface area contributed by atoms with E-state index in [4.69, 9.17) is 16.3 Å². The first-order valence-electron chi connectivity index (χ1n) is 6.54. The lowest BCUT2D eigenvalue weighted by Gasteiger charge is -2.09. The maximum atomic E-state index is 10.7. The van der Waals surface area contributed by atoms with Crippen LogP contribution in [0.15, 0.2) is 54.7 Å². The zero-order valence-corrected chi connectivity index (χ0v) is 12.2. The molecule has 0 radical (unpaired) electrons. The number of hydrogen-bond acceptors (Lipinski definition) is 4. The Balaban J connectivity index is 1.84. The largest absolute Gasteiger partial charge is 0.487 e. The second kappa shape index (κ2) is 5.99. The van der Waals surface area contributed by atoms with Crippen LogP contribution in [0.2, 0.25) is 5.02 Å². The number of aromatic nitrogens is 1. The zero-order valence-electron chi connectivity index (χ0n) is 11.4. The first-order chi connectivity index (χ1) is 10.6. The highest BCUT2D eigenvalue weighted by Gasteiger charge is 2.11. The Labute approximate surface area is 131 Å². The Hall–Kier alpha value is -2.66. The van der Waals surface area contributed by atoms with E-state index in [9.17, 15) is 10.1 Å². The molecule has 0 aliphatic heterocycles. The van der Waals surface area contributed by atoms with Crippen molar-refractivity contribution in [3.63, 3.8) is 0 Å². The molecule has 3 rings (SSSR count). The summed E-state index contributed by atoms with van der Waals surface area (Å²) in [6.07, 6.45) is 1.73. The van der Waals surface area contributed by atoms with E-state index >= 15 is 0 Å². The smallest absolute Gasteiger partial charge is 0.271 e. The molecule has 22 heavy (non-hydrogen) atoms. The molecule has 2 aromatic carbocycles. The predicted octanol–water partition coefficient (Wildman–Crippen LogP) is 4.38. The van der Waals surface area contributed by atoms with Gasteiger partial charge in [0.15, 0.2) is 0 Å². The van der Waals surface area contributed by atoms with Gasteiger partial charge in [0.2, 0.25) is 0 Å². The van der Waals surface area contributed by atoms with Crippen LogP contribution in [0.4, 0.5) is 5.69 Å². The number of para-hydroxylation sites is 1. The molecule has 1 aromatic heterocycles. The molecular weight excluding hydrogens is 304 g/mol. The highest BCUT2D eigenvalue weighted by Crippen LogP contribution is 2.29. The molecule has 0 aliphatic carbocycles. The molecule has 6 heteroatoms. The third kappa shape index (κ3) is 2.84. The third-order valence-corrected chi connectivity index (χ3v) is 3.52. The van der Waals surface area contributed by atoms with Crippen molar-refractivity contribution >= 4 is 28.2 Å². The Morgan fingerprint density at radius 2 is 2.00 bits per heavy atom. The normalized spacial score (nSPS) is 10.6. The SMILES string of the molecule is O=[N+]([O-])c1ccc(OCc2cccc3cccnc23)c(Cl)c1. The van der Waals surface area contributed by atoms with E-state index in [1.54, 1.807) is 6.20 Å². The van der Waals surface area contributed by atoms with Gasteiger partial charge in [-0.1, -0.05) is 35.9 Å². The number of halogens is 1. The van der Waals surface area contributed by atoms with Gasteiger partial charge in [0.25, 0.3) is 5.69 Å². The summed E-state index contributed by atoms with van der Waals surface area (Å²) in [7, 11) is 0. The number of fused-ring (bicyclic) bond motifs is 1. The van der Waals surface area contributed by atoms with E-state index in [2.05, 4.69) is 4.98 Å². The minimum Gasteiger partial charge on any atom is -0.487 e. The number of nitrogens with zero attached hydrogens (tertiary/aromatic N) is 2. The van der Waals surface area contributed by atoms with Crippen LogP contribution >= 0.6 is 11.6 Å². The van der Waals surface area contributed by atoms with Gasteiger partial charge in [0.1, 0.15) is 12.4 Å². The monoisotopic (exact) mass is 314 g/mol. The van der Waals surface area contributed by atoms with Gasteiger partial charge in [-0.15, -0.1) is 0 Å². The van der Waals surface area contributed by atoms with Crippen LogP contribution in [-0.4, -0.2) is 9.91 Å². The molecule has 0 N–H and O–H groups in total. The van der Waals surface area contributed by atoms with Crippen LogP contribution in [0, 0.1) is 10.1 Å². The van der Waals surface area contributed by atoms with Gasteiger partial charge in [0, 0.05) is 29.3 Å². The average Bonchev–Trinajstić information content (AvgIpc) is 2.53. The van der Waals surface area contributed by atoms with E-state index in [1.165, 1.54) is 18.2 Å². The molecule has 3 aromatic rings. The number of rotatable bonds is 4. The number of hydrogen-bond donors (Lipinski definition) is 0. The van der Waals surface area contributed by atoms with Crippen molar-refractivity contribution in [2.24, 2.45) is 0 Å². The summed E-state index contributed by atoms with van der Waals surface area (Å²) in [5.74, 6) is 0.403. The third-order valence-electron chi connectivity index (χ3n) is 3.23. The van der Waals surface area contributed by atoms with Crippen molar-refractivity contribution < 1.29 is 9.66 Å². The van der Waals surface area contributed by atoms with Gasteiger partial charge in [-0.2, -0.15) is 0 Å². The lowest BCUT2D eigenvalue weighted by molar-refractivity contribution is -0.384. The van der Waals surface area contributed by atoms with Crippen LogP contribution in [0.1, 0.15) is 5.56 Å². The van der Waals surface area contributed by atoms with Gasteiger partial charge in [-0.05, 0) is 12.1 Å². The van der Waals surface area contributed by atoms with Gasteiger partial charge in [-0.25, -0.2) is 0 Å². The minimum atomic E-state index is -0.496. The first-order valence-corrected chi connectivity index (χ1v) is 6.92. The molecule has 110 valence electrons. The summed E-state index contributed by atoms with van der Waals surface area (Å²) in [5, 5.41) is 11.9. The number of pyridine rings is 1. The van der Waals surface area contributed by atoms with Crippen molar-refractivity contribution in [2.75, 3.05) is 0 Å². The fraction of sp³-hybridized carbons (Fsp3) is 0.0625. The Bertz CT molecular complexity index is 846. The number of benzene rings is 2. The Morgan fingerprint density at radius 3 is 2.77 bits per heavy atom. The number of nitro benzene ring substituents is 1. The fourth-order valence-corrected chi connectivity index (χ4v) is 2.39. The second-order valence-electron chi connectivity index (χ2n) is 4.65. The maximum Gasteiger partial charge on any atom is 0.271 e.